The van der Waals surface area contributed by atoms with E-state index in [0.717, 1.165) is 11.4 Å². The Morgan fingerprint density at radius 1 is 1.27 bits per heavy atom. The normalized spacial score (nSPS) is 12.0. The lowest BCUT2D eigenvalue weighted by molar-refractivity contribution is -0.885. The Morgan fingerprint density at radius 3 is 2.68 bits per heavy atom. The summed E-state index contributed by atoms with van der Waals surface area (Å²) in [5.41, 5.74) is 2.63. The highest BCUT2D eigenvalue weighted by atomic mass is 79.9. The van der Waals surface area contributed by atoms with Crippen LogP contribution in [0.4, 0.5) is 10.1 Å². The van der Waals surface area contributed by atoms with Gasteiger partial charge in [-0.3, -0.25) is 4.79 Å². The van der Waals surface area contributed by atoms with E-state index in [2.05, 4.69) is 40.3 Å². The first-order valence-electron chi connectivity index (χ1n) is 7.06. The van der Waals surface area contributed by atoms with Crippen molar-refractivity contribution >= 4 is 27.5 Å². The molecule has 1 amide bonds. The molecular formula is C17H19BrFN2O+. The number of quaternary nitrogens is 1. The molecule has 0 saturated carbocycles. The summed E-state index contributed by atoms with van der Waals surface area (Å²) >= 11 is 3.19. The zero-order valence-corrected chi connectivity index (χ0v) is 14.2. The first-order chi connectivity index (χ1) is 10.5. The molecule has 1 atom stereocenters. The maximum atomic E-state index is 13.7. The van der Waals surface area contributed by atoms with Crippen LogP contribution in [0.2, 0.25) is 0 Å². The number of hydrogen-bond acceptors (Lipinski definition) is 1. The molecule has 0 spiro atoms. The van der Waals surface area contributed by atoms with Crippen molar-refractivity contribution in [2.45, 2.75) is 13.5 Å². The Balaban J connectivity index is 1.93. The fourth-order valence-electron chi connectivity index (χ4n) is 2.26. The maximum Gasteiger partial charge on any atom is 0.279 e. The highest BCUT2D eigenvalue weighted by Crippen LogP contribution is 2.19. The van der Waals surface area contributed by atoms with Gasteiger partial charge in [-0.05, 0) is 30.7 Å². The van der Waals surface area contributed by atoms with Crippen LogP contribution in [-0.2, 0) is 11.3 Å². The number of hydrogen-bond donors (Lipinski definition) is 2. The van der Waals surface area contributed by atoms with Gasteiger partial charge < -0.3 is 10.2 Å². The van der Waals surface area contributed by atoms with E-state index in [1.54, 1.807) is 12.1 Å². The van der Waals surface area contributed by atoms with Gasteiger partial charge in [-0.2, -0.15) is 0 Å². The number of carbonyl (C=O) groups excluding carboxylic acids is 1. The van der Waals surface area contributed by atoms with E-state index in [0.29, 0.717) is 4.47 Å². The number of carbonyl (C=O) groups is 1. The quantitative estimate of drug-likeness (QED) is 0.838. The second-order valence-corrected chi connectivity index (χ2v) is 6.33. The molecule has 0 aliphatic rings. The van der Waals surface area contributed by atoms with Gasteiger partial charge in [-0.1, -0.05) is 40.2 Å². The number of amides is 1. The van der Waals surface area contributed by atoms with Crippen molar-refractivity contribution in [3.8, 4) is 0 Å². The molecule has 22 heavy (non-hydrogen) atoms. The van der Waals surface area contributed by atoms with Crippen LogP contribution in [0.3, 0.4) is 0 Å². The van der Waals surface area contributed by atoms with Crippen molar-refractivity contribution in [1.29, 1.82) is 0 Å². The molecule has 0 aliphatic carbocycles. The highest BCUT2D eigenvalue weighted by Gasteiger charge is 2.13. The van der Waals surface area contributed by atoms with Crippen LogP contribution in [0, 0.1) is 12.7 Å². The summed E-state index contributed by atoms with van der Waals surface area (Å²) in [5, 5.41) is 2.61. The van der Waals surface area contributed by atoms with Gasteiger partial charge in [0.15, 0.2) is 6.54 Å². The molecule has 2 N–H and O–H groups in total. The van der Waals surface area contributed by atoms with Crippen molar-refractivity contribution in [3.05, 3.63) is 63.9 Å². The number of rotatable bonds is 5. The van der Waals surface area contributed by atoms with Crippen LogP contribution in [0.1, 0.15) is 11.1 Å². The van der Waals surface area contributed by atoms with E-state index in [1.807, 2.05) is 19.2 Å². The number of halogens is 2. The Hall–Kier alpha value is -1.72. The average Bonchev–Trinajstić information content (AvgIpc) is 2.44. The van der Waals surface area contributed by atoms with E-state index >= 15 is 0 Å². The van der Waals surface area contributed by atoms with Gasteiger partial charge in [-0.15, -0.1) is 0 Å². The Morgan fingerprint density at radius 2 is 2.00 bits per heavy atom. The van der Waals surface area contributed by atoms with E-state index in [1.165, 1.54) is 17.2 Å². The highest BCUT2D eigenvalue weighted by molar-refractivity contribution is 9.10. The predicted molar refractivity (Wildman–Crippen MR) is 89.4 cm³/mol. The monoisotopic (exact) mass is 365 g/mol. The third-order valence-corrected chi connectivity index (χ3v) is 3.91. The van der Waals surface area contributed by atoms with Crippen molar-refractivity contribution in [3.63, 3.8) is 0 Å². The van der Waals surface area contributed by atoms with Crippen LogP contribution in [0.5, 0.6) is 0 Å². The molecule has 0 aliphatic heterocycles. The van der Waals surface area contributed by atoms with Gasteiger partial charge in [-0.25, -0.2) is 4.39 Å². The van der Waals surface area contributed by atoms with Crippen molar-refractivity contribution in [2.24, 2.45) is 0 Å². The lowest BCUT2D eigenvalue weighted by atomic mass is 10.1. The molecular weight excluding hydrogens is 347 g/mol. The Labute approximate surface area is 138 Å². The van der Waals surface area contributed by atoms with E-state index < -0.39 is 5.82 Å². The third-order valence-electron chi connectivity index (χ3n) is 3.42. The summed E-state index contributed by atoms with van der Waals surface area (Å²) < 4.78 is 14.3. The zero-order chi connectivity index (χ0) is 16.1. The van der Waals surface area contributed by atoms with Crippen molar-refractivity contribution in [1.82, 2.24) is 0 Å². The van der Waals surface area contributed by atoms with Gasteiger partial charge in [0.05, 0.1) is 12.7 Å². The molecule has 116 valence electrons. The summed E-state index contributed by atoms with van der Waals surface area (Å²) in [6.45, 7) is 3.09. The van der Waals surface area contributed by atoms with Gasteiger partial charge in [0, 0.05) is 10.0 Å². The fraction of sp³-hybridized carbons (Fsp3) is 0.235. The van der Waals surface area contributed by atoms with Crippen LogP contribution in [-0.4, -0.2) is 19.5 Å². The molecule has 0 heterocycles. The first kappa shape index (κ1) is 16.6. The minimum absolute atomic E-state index is 0.202. The number of aryl methyl sites for hydroxylation is 1. The van der Waals surface area contributed by atoms with Gasteiger partial charge >= 0.3 is 0 Å². The molecule has 2 rings (SSSR count). The summed E-state index contributed by atoms with van der Waals surface area (Å²) in [7, 11) is 1.95. The summed E-state index contributed by atoms with van der Waals surface area (Å²) in [5.74, 6) is -0.647. The fourth-order valence-corrected chi connectivity index (χ4v) is 2.59. The SMILES string of the molecule is Cc1ccccc1C[NH+](C)CC(=O)Nc1ccc(Br)cc1F. The number of benzene rings is 2. The summed E-state index contributed by atoms with van der Waals surface area (Å²) in [6, 6.07) is 12.7. The minimum atomic E-state index is -0.445. The molecule has 2 aromatic rings. The molecule has 5 heteroatoms. The standard InChI is InChI=1S/C17H18BrFN2O/c1-12-5-3-4-6-13(12)10-21(2)11-17(22)20-16-8-7-14(18)9-15(16)19/h3-9H,10-11H2,1-2H3,(H,20,22)/p+1. The van der Waals surface area contributed by atoms with Crippen LogP contribution in [0.15, 0.2) is 46.9 Å². The van der Waals surface area contributed by atoms with Crippen molar-refractivity contribution < 1.29 is 14.1 Å². The Kier molecular flexibility index (Phi) is 5.69. The summed E-state index contributed by atoms with van der Waals surface area (Å²) in [6.07, 6.45) is 0. The van der Waals surface area contributed by atoms with E-state index in [-0.39, 0.29) is 18.1 Å². The first-order valence-corrected chi connectivity index (χ1v) is 7.85. The van der Waals surface area contributed by atoms with Gasteiger partial charge in [0.1, 0.15) is 12.4 Å². The second-order valence-electron chi connectivity index (χ2n) is 5.41. The lowest BCUT2D eigenvalue weighted by Gasteiger charge is -2.15. The van der Waals surface area contributed by atoms with E-state index in [9.17, 15) is 9.18 Å². The molecule has 0 bridgehead atoms. The van der Waals surface area contributed by atoms with Gasteiger partial charge in [0.25, 0.3) is 5.91 Å². The van der Waals surface area contributed by atoms with Crippen LogP contribution in [0.25, 0.3) is 0 Å². The molecule has 1 unspecified atom stereocenters. The molecule has 0 saturated heterocycles. The molecule has 0 aromatic heterocycles. The number of anilines is 1. The largest absolute Gasteiger partial charge is 0.326 e. The zero-order valence-electron chi connectivity index (χ0n) is 12.6. The van der Waals surface area contributed by atoms with Crippen molar-refractivity contribution in [2.75, 3.05) is 18.9 Å². The topological polar surface area (TPSA) is 33.5 Å². The number of likely N-dealkylation sites (N-methyl/N-ethyl adjacent to an activating group) is 1. The van der Waals surface area contributed by atoms with Crippen LogP contribution < -0.4 is 10.2 Å². The third kappa shape index (κ3) is 4.64. The maximum absolute atomic E-state index is 13.7. The van der Waals surface area contributed by atoms with Gasteiger partial charge in [0.2, 0.25) is 0 Å². The number of nitrogens with one attached hydrogen (secondary N) is 2. The average molecular weight is 366 g/mol. The Bertz CT molecular complexity index is 675. The molecule has 0 radical (unpaired) electrons. The summed E-state index contributed by atoms with van der Waals surface area (Å²) in [4.78, 5) is 13.1. The molecule has 2 aromatic carbocycles. The van der Waals surface area contributed by atoms with Crippen LogP contribution >= 0.6 is 15.9 Å². The predicted octanol–water partition coefficient (Wildman–Crippen LogP) is 2.55. The smallest absolute Gasteiger partial charge is 0.279 e. The molecule has 0 fully saturated rings. The lowest BCUT2D eigenvalue weighted by Crippen LogP contribution is -3.08. The minimum Gasteiger partial charge on any atom is -0.326 e. The van der Waals surface area contributed by atoms with E-state index in [4.69, 9.17) is 0 Å². The second kappa shape index (κ2) is 7.51. The molecule has 3 nitrogen and oxygen atoms in total.